The van der Waals surface area contributed by atoms with Crippen LogP contribution in [0.3, 0.4) is 0 Å². The fourth-order valence-electron chi connectivity index (χ4n) is 4.55. The smallest absolute Gasteiger partial charge is 0.233 e. The Morgan fingerprint density at radius 1 is 0.743 bits per heavy atom. The summed E-state index contributed by atoms with van der Waals surface area (Å²) in [5.41, 5.74) is 4.51. The summed E-state index contributed by atoms with van der Waals surface area (Å²) in [6, 6.07) is 7.47. The van der Waals surface area contributed by atoms with Crippen LogP contribution in [0.5, 0.6) is 11.5 Å². The average molecular weight is 519 g/mol. The number of ketones is 2. The molecule has 0 saturated heterocycles. The topological polar surface area (TPSA) is 61.8 Å². The van der Waals surface area contributed by atoms with Gasteiger partial charge in [0.1, 0.15) is 11.5 Å². The second-order valence-electron chi connectivity index (χ2n) is 9.74. The SMILES string of the molecule is CC(C)c1cc(C(=O)CCCCl)cc2c1OC1OC2Oc2c(C(C)C)cc(C(=O)CCCCl)cc21. The maximum Gasteiger partial charge on any atom is 0.233 e. The molecule has 2 bridgehead atoms. The molecule has 0 N–H and O–H groups in total. The number of halogens is 2. The van der Waals surface area contributed by atoms with E-state index in [1.165, 1.54) is 0 Å². The summed E-state index contributed by atoms with van der Waals surface area (Å²) < 4.78 is 19.0. The highest BCUT2D eigenvalue weighted by Crippen LogP contribution is 2.52. The van der Waals surface area contributed by atoms with Crippen LogP contribution in [-0.4, -0.2) is 23.3 Å². The lowest BCUT2D eigenvalue weighted by Crippen LogP contribution is -2.32. The summed E-state index contributed by atoms with van der Waals surface area (Å²) in [5.74, 6) is 2.58. The summed E-state index contributed by atoms with van der Waals surface area (Å²) in [4.78, 5) is 25.7. The van der Waals surface area contributed by atoms with Gasteiger partial charge in [-0.15, -0.1) is 23.2 Å². The molecule has 0 aromatic heterocycles. The van der Waals surface area contributed by atoms with Crippen molar-refractivity contribution in [2.75, 3.05) is 11.8 Å². The summed E-state index contributed by atoms with van der Waals surface area (Å²) in [6.45, 7) is 8.26. The molecule has 0 aliphatic carbocycles. The molecule has 2 aliphatic rings. The van der Waals surface area contributed by atoms with Crippen molar-refractivity contribution in [3.05, 3.63) is 57.6 Å². The van der Waals surface area contributed by atoms with Crippen molar-refractivity contribution in [1.29, 1.82) is 0 Å². The molecule has 188 valence electrons. The van der Waals surface area contributed by atoms with Crippen molar-refractivity contribution >= 4 is 34.8 Å². The number of hydrogen-bond donors (Lipinski definition) is 0. The molecule has 35 heavy (non-hydrogen) atoms. The summed E-state index contributed by atoms with van der Waals surface area (Å²) in [7, 11) is 0. The molecule has 0 spiro atoms. The van der Waals surface area contributed by atoms with Crippen LogP contribution in [0.15, 0.2) is 24.3 Å². The van der Waals surface area contributed by atoms with Crippen LogP contribution in [-0.2, 0) is 4.74 Å². The third-order valence-electron chi connectivity index (χ3n) is 6.46. The first-order valence-corrected chi connectivity index (χ1v) is 13.3. The van der Waals surface area contributed by atoms with Gasteiger partial charge in [0.15, 0.2) is 11.6 Å². The molecule has 2 heterocycles. The van der Waals surface area contributed by atoms with Crippen molar-refractivity contribution in [1.82, 2.24) is 0 Å². The predicted molar refractivity (Wildman–Crippen MR) is 137 cm³/mol. The quantitative estimate of drug-likeness (QED) is 0.236. The first-order chi connectivity index (χ1) is 16.7. The maximum atomic E-state index is 12.8. The highest BCUT2D eigenvalue weighted by atomic mass is 35.5. The molecule has 2 aliphatic heterocycles. The van der Waals surface area contributed by atoms with Crippen LogP contribution in [0.25, 0.3) is 0 Å². The Balaban J connectivity index is 1.78. The van der Waals surface area contributed by atoms with Crippen LogP contribution in [0.1, 0.15) is 121 Å². The molecule has 0 amide bonds. The van der Waals surface area contributed by atoms with Crippen LogP contribution in [0, 0.1) is 0 Å². The van der Waals surface area contributed by atoms with Crippen molar-refractivity contribution in [3.63, 3.8) is 0 Å². The standard InChI is InChI=1S/C28H32Cl2O5/c1-15(2)19-11-17(23(31)7-5-9-29)13-21-25(19)33-28-22-14-18(24(32)8-6-10-30)12-20(16(3)4)26(22)34-27(21)35-28/h11-16,27-28H,5-10H2,1-4H3. The zero-order valence-electron chi connectivity index (χ0n) is 20.7. The normalized spacial score (nSPS) is 18.1. The van der Waals surface area contributed by atoms with Crippen LogP contribution in [0.4, 0.5) is 0 Å². The molecule has 0 radical (unpaired) electrons. The van der Waals surface area contributed by atoms with E-state index in [2.05, 4.69) is 27.7 Å². The second kappa shape index (κ2) is 10.9. The minimum Gasteiger partial charge on any atom is -0.459 e. The fraction of sp³-hybridized carbons (Fsp3) is 0.500. The van der Waals surface area contributed by atoms with Gasteiger partial charge in [-0.25, -0.2) is 0 Å². The number of rotatable bonds is 10. The minimum atomic E-state index is -0.704. The molecule has 2 atom stereocenters. The summed E-state index contributed by atoms with van der Waals surface area (Å²) in [5, 5.41) is 0. The van der Waals surface area contributed by atoms with Crippen molar-refractivity contribution < 1.29 is 23.8 Å². The molecule has 2 unspecified atom stereocenters. The van der Waals surface area contributed by atoms with Gasteiger partial charge in [0.25, 0.3) is 0 Å². The monoisotopic (exact) mass is 518 g/mol. The van der Waals surface area contributed by atoms with Gasteiger partial charge in [0.05, 0.1) is 11.1 Å². The lowest BCUT2D eigenvalue weighted by Gasteiger charge is -2.40. The van der Waals surface area contributed by atoms with E-state index in [9.17, 15) is 9.59 Å². The number of carbonyl (C=O) groups is 2. The molecule has 5 nitrogen and oxygen atoms in total. The van der Waals surface area contributed by atoms with Gasteiger partial charge in [-0.3, -0.25) is 14.3 Å². The largest absolute Gasteiger partial charge is 0.459 e. The zero-order valence-corrected chi connectivity index (χ0v) is 22.2. The Bertz CT molecular complexity index is 1040. The number of hydrogen-bond acceptors (Lipinski definition) is 5. The van der Waals surface area contributed by atoms with E-state index in [0.29, 0.717) is 71.2 Å². The average Bonchev–Trinajstić information content (AvgIpc) is 2.84. The number of ether oxygens (including phenoxy) is 3. The van der Waals surface area contributed by atoms with E-state index < -0.39 is 12.6 Å². The zero-order chi connectivity index (χ0) is 25.3. The first-order valence-electron chi connectivity index (χ1n) is 12.3. The minimum absolute atomic E-state index is 0.0386. The van der Waals surface area contributed by atoms with Gasteiger partial charge >= 0.3 is 0 Å². The Morgan fingerprint density at radius 3 is 1.49 bits per heavy atom. The van der Waals surface area contributed by atoms with E-state index in [1.807, 2.05) is 24.3 Å². The van der Waals surface area contributed by atoms with Gasteiger partial charge < -0.3 is 9.47 Å². The second-order valence-corrected chi connectivity index (χ2v) is 10.5. The lowest BCUT2D eigenvalue weighted by atomic mass is 9.90. The van der Waals surface area contributed by atoms with Crippen molar-refractivity contribution in [2.24, 2.45) is 0 Å². The molecule has 0 saturated carbocycles. The number of carbonyl (C=O) groups excluding carboxylic acids is 2. The van der Waals surface area contributed by atoms with E-state index >= 15 is 0 Å². The van der Waals surface area contributed by atoms with Gasteiger partial charge in [-0.1, -0.05) is 27.7 Å². The van der Waals surface area contributed by atoms with Crippen LogP contribution in [0.2, 0.25) is 0 Å². The van der Waals surface area contributed by atoms with Crippen molar-refractivity contribution in [3.8, 4) is 11.5 Å². The summed E-state index contributed by atoms with van der Waals surface area (Å²) in [6.07, 6.45) is 0.614. The molecule has 7 heteroatoms. The number of benzene rings is 2. The third-order valence-corrected chi connectivity index (χ3v) is 7.00. The van der Waals surface area contributed by atoms with Gasteiger partial charge in [-0.05, 0) is 60.1 Å². The van der Waals surface area contributed by atoms with Gasteiger partial charge in [0, 0.05) is 35.7 Å². The Labute approximate surface area is 217 Å². The molecule has 4 rings (SSSR count). The van der Waals surface area contributed by atoms with Gasteiger partial charge in [-0.2, -0.15) is 0 Å². The van der Waals surface area contributed by atoms with Crippen molar-refractivity contribution in [2.45, 2.75) is 77.8 Å². The molecule has 0 fully saturated rings. The third kappa shape index (κ3) is 5.23. The first kappa shape index (κ1) is 26.0. The van der Waals surface area contributed by atoms with E-state index in [-0.39, 0.29) is 23.4 Å². The van der Waals surface area contributed by atoms with E-state index in [1.54, 1.807) is 0 Å². The number of fused-ring (bicyclic) bond motifs is 6. The van der Waals surface area contributed by atoms with Gasteiger partial charge in [0.2, 0.25) is 12.6 Å². The van der Waals surface area contributed by atoms with E-state index in [4.69, 9.17) is 37.4 Å². The van der Waals surface area contributed by atoms with Crippen LogP contribution < -0.4 is 9.47 Å². The maximum absolute atomic E-state index is 12.8. The Kier molecular flexibility index (Phi) is 8.09. The fourth-order valence-corrected chi connectivity index (χ4v) is 4.82. The lowest BCUT2D eigenvalue weighted by molar-refractivity contribution is -0.228. The predicted octanol–water partition coefficient (Wildman–Crippen LogP) is 7.84. The molecular weight excluding hydrogens is 487 g/mol. The number of alkyl halides is 2. The molecule has 2 aromatic rings. The van der Waals surface area contributed by atoms with Crippen LogP contribution >= 0.6 is 23.2 Å². The Morgan fingerprint density at radius 2 is 1.14 bits per heavy atom. The highest BCUT2D eigenvalue weighted by Gasteiger charge is 2.41. The highest BCUT2D eigenvalue weighted by molar-refractivity contribution is 6.18. The molecular formula is C28H32Cl2O5. The molecule has 2 aromatic carbocycles. The van der Waals surface area contributed by atoms with E-state index in [0.717, 1.165) is 11.1 Å². The Hall–Kier alpha value is -2.08. The number of Topliss-reactive ketones (excluding diaryl/α,β-unsaturated/α-hetero) is 2. The summed E-state index contributed by atoms with van der Waals surface area (Å²) >= 11 is 11.6.